The van der Waals surface area contributed by atoms with Crippen molar-refractivity contribution in [2.45, 2.75) is 12.3 Å². The molecule has 1 N–H and O–H groups in total. The highest BCUT2D eigenvalue weighted by atomic mass is 35.5. The quantitative estimate of drug-likeness (QED) is 0.561. The Morgan fingerprint density at radius 3 is 2.62 bits per heavy atom. The molecule has 1 atom stereocenters. The van der Waals surface area contributed by atoms with E-state index in [9.17, 15) is 9.59 Å². The molecule has 0 bridgehead atoms. The monoisotopic (exact) mass is 341 g/mol. The summed E-state index contributed by atoms with van der Waals surface area (Å²) in [6.45, 7) is 0. The average molecular weight is 342 g/mol. The van der Waals surface area contributed by atoms with Crippen LogP contribution >= 0.6 is 11.6 Å². The highest BCUT2D eigenvalue weighted by molar-refractivity contribution is 6.33. The number of benzene rings is 2. The Bertz CT molecular complexity index is 886. The van der Waals surface area contributed by atoms with Crippen LogP contribution in [0.2, 0.25) is 5.02 Å². The summed E-state index contributed by atoms with van der Waals surface area (Å²) >= 11 is 6.03. The zero-order valence-corrected chi connectivity index (χ0v) is 13.8. The first-order valence-corrected chi connectivity index (χ1v) is 7.90. The van der Waals surface area contributed by atoms with Crippen molar-refractivity contribution in [2.24, 2.45) is 0 Å². The van der Waals surface area contributed by atoms with E-state index in [1.165, 1.54) is 7.11 Å². The summed E-state index contributed by atoms with van der Waals surface area (Å²) < 4.78 is 4.56. The van der Waals surface area contributed by atoms with E-state index in [0.717, 1.165) is 22.0 Å². The molecule has 0 aliphatic heterocycles. The van der Waals surface area contributed by atoms with Gasteiger partial charge in [-0.15, -0.1) is 0 Å². The number of nitrogens with one attached hydrogen (secondary N) is 1. The number of halogens is 1. The van der Waals surface area contributed by atoms with Crippen molar-refractivity contribution >= 4 is 34.3 Å². The third-order valence-electron chi connectivity index (χ3n) is 4.06. The van der Waals surface area contributed by atoms with Crippen molar-refractivity contribution in [3.8, 4) is 0 Å². The number of methoxy groups -OCH3 is 1. The largest absolute Gasteiger partial charge is 0.463 e. The van der Waals surface area contributed by atoms with Gasteiger partial charge in [0.25, 0.3) is 0 Å². The van der Waals surface area contributed by atoms with Crippen LogP contribution in [0.3, 0.4) is 0 Å². The fraction of sp³-hybridized carbons (Fsp3) is 0.158. The fourth-order valence-electron chi connectivity index (χ4n) is 2.88. The predicted octanol–water partition coefficient (Wildman–Crippen LogP) is 4.09. The predicted molar refractivity (Wildman–Crippen MR) is 93.2 cm³/mol. The molecule has 0 fully saturated rings. The summed E-state index contributed by atoms with van der Waals surface area (Å²) in [7, 11) is 1.21. The second-order valence-electron chi connectivity index (χ2n) is 5.52. The molecule has 0 aliphatic rings. The summed E-state index contributed by atoms with van der Waals surface area (Å²) in [4.78, 5) is 26.9. The molecule has 1 heterocycles. The molecule has 2 aromatic carbocycles. The molecule has 0 saturated carbocycles. The molecule has 0 spiro atoms. The lowest BCUT2D eigenvalue weighted by molar-refractivity contribution is -0.151. The van der Waals surface area contributed by atoms with Crippen LogP contribution < -0.4 is 0 Å². The van der Waals surface area contributed by atoms with Gasteiger partial charge in [0, 0.05) is 34.5 Å². The van der Waals surface area contributed by atoms with Gasteiger partial charge in [-0.3, -0.25) is 4.79 Å². The van der Waals surface area contributed by atoms with Crippen molar-refractivity contribution in [3.63, 3.8) is 0 Å². The maximum Gasteiger partial charge on any atom is 0.374 e. The number of rotatable bonds is 5. The Labute approximate surface area is 144 Å². The van der Waals surface area contributed by atoms with Gasteiger partial charge in [-0.05, 0) is 23.3 Å². The number of ketones is 1. The minimum Gasteiger partial charge on any atom is -0.463 e. The van der Waals surface area contributed by atoms with Gasteiger partial charge in [-0.1, -0.05) is 48.0 Å². The minimum absolute atomic E-state index is 0.0479. The van der Waals surface area contributed by atoms with E-state index in [1.54, 1.807) is 0 Å². The molecule has 3 aromatic rings. The van der Waals surface area contributed by atoms with Gasteiger partial charge in [0.15, 0.2) is 0 Å². The lowest BCUT2D eigenvalue weighted by Gasteiger charge is -2.16. The van der Waals surface area contributed by atoms with Gasteiger partial charge >= 0.3 is 5.97 Å². The van der Waals surface area contributed by atoms with Crippen molar-refractivity contribution < 1.29 is 14.3 Å². The van der Waals surface area contributed by atoms with E-state index >= 15 is 0 Å². The van der Waals surface area contributed by atoms with Crippen LogP contribution in [-0.2, 0) is 14.3 Å². The van der Waals surface area contributed by atoms with Crippen LogP contribution in [0, 0.1) is 0 Å². The van der Waals surface area contributed by atoms with Crippen LogP contribution in [0.25, 0.3) is 10.9 Å². The normalized spacial score (nSPS) is 12.1. The van der Waals surface area contributed by atoms with Crippen LogP contribution in [0.5, 0.6) is 0 Å². The van der Waals surface area contributed by atoms with E-state index in [2.05, 4.69) is 9.72 Å². The smallest absolute Gasteiger partial charge is 0.374 e. The number of aromatic nitrogens is 1. The molecule has 0 aliphatic carbocycles. The summed E-state index contributed by atoms with van der Waals surface area (Å²) in [5, 5.41) is 1.61. The van der Waals surface area contributed by atoms with Crippen molar-refractivity contribution in [1.29, 1.82) is 0 Å². The minimum atomic E-state index is -0.821. The molecule has 0 amide bonds. The Kier molecular flexibility index (Phi) is 4.67. The number of carbonyl (C=O) groups excluding carboxylic acids is 2. The molecular weight excluding hydrogens is 326 g/mol. The lowest BCUT2D eigenvalue weighted by atomic mass is 9.87. The van der Waals surface area contributed by atoms with Crippen molar-refractivity contribution in [1.82, 2.24) is 4.98 Å². The molecular formula is C19H16ClNO3. The van der Waals surface area contributed by atoms with Gasteiger partial charge in [0.05, 0.1) is 7.11 Å². The number of hydrogen-bond acceptors (Lipinski definition) is 3. The maximum atomic E-state index is 12.1. The molecule has 5 heteroatoms. The summed E-state index contributed by atoms with van der Waals surface area (Å²) in [5.74, 6) is -1.61. The molecule has 3 rings (SSSR count). The van der Waals surface area contributed by atoms with Crippen LogP contribution in [-0.4, -0.2) is 23.8 Å². The number of hydrogen-bond donors (Lipinski definition) is 1. The first-order valence-electron chi connectivity index (χ1n) is 7.52. The van der Waals surface area contributed by atoms with E-state index in [0.29, 0.717) is 5.02 Å². The third kappa shape index (κ3) is 3.19. The number of ether oxygens (including phenoxy) is 1. The summed E-state index contributed by atoms with van der Waals surface area (Å²) in [6, 6.07) is 15.2. The Hall–Kier alpha value is -2.59. The highest BCUT2D eigenvalue weighted by Gasteiger charge is 2.25. The zero-order chi connectivity index (χ0) is 17.1. The number of fused-ring (bicyclic) bond motifs is 1. The highest BCUT2D eigenvalue weighted by Crippen LogP contribution is 2.34. The lowest BCUT2D eigenvalue weighted by Crippen LogP contribution is -2.19. The van der Waals surface area contributed by atoms with Crippen LogP contribution in [0.15, 0.2) is 54.7 Å². The van der Waals surface area contributed by atoms with Gasteiger partial charge in [0.2, 0.25) is 5.78 Å². The number of esters is 1. The number of H-pyrrole nitrogens is 1. The zero-order valence-electron chi connectivity index (χ0n) is 13.1. The van der Waals surface area contributed by atoms with E-state index in [4.69, 9.17) is 11.6 Å². The maximum absolute atomic E-state index is 12.1. The molecule has 4 nitrogen and oxygen atoms in total. The van der Waals surface area contributed by atoms with Gasteiger partial charge in [0.1, 0.15) is 0 Å². The molecule has 1 aromatic heterocycles. The van der Waals surface area contributed by atoms with Gasteiger partial charge in [-0.25, -0.2) is 4.79 Å². The van der Waals surface area contributed by atoms with Gasteiger partial charge < -0.3 is 9.72 Å². The first kappa shape index (κ1) is 16.3. The SMILES string of the molecule is COC(=O)C(=O)C[C@H](c1ccccc1)c1c[nH]c2cc(Cl)ccc12. The Balaban J connectivity index is 2.06. The molecule has 0 saturated heterocycles. The first-order chi connectivity index (χ1) is 11.6. The standard InChI is InChI=1S/C19H16ClNO3/c1-24-19(23)18(22)10-15(12-5-3-2-4-6-12)16-11-21-17-9-13(20)7-8-14(16)17/h2-9,11,15,21H,10H2,1H3/t15-/m1/s1. The average Bonchev–Trinajstić information content (AvgIpc) is 3.02. The van der Waals surface area contributed by atoms with E-state index in [-0.39, 0.29) is 12.3 Å². The summed E-state index contributed by atoms with van der Waals surface area (Å²) in [5.41, 5.74) is 2.81. The second-order valence-corrected chi connectivity index (χ2v) is 5.95. The van der Waals surface area contributed by atoms with Crippen molar-refractivity contribution in [3.05, 3.63) is 70.9 Å². The number of aromatic amines is 1. The van der Waals surface area contributed by atoms with E-state index < -0.39 is 11.8 Å². The Morgan fingerprint density at radius 1 is 1.17 bits per heavy atom. The van der Waals surface area contributed by atoms with Crippen molar-refractivity contribution in [2.75, 3.05) is 7.11 Å². The summed E-state index contributed by atoms with van der Waals surface area (Å²) in [6.07, 6.45) is 1.91. The van der Waals surface area contributed by atoms with Crippen LogP contribution in [0.4, 0.5) is 0 Å². The Morgan fingerprint density at radius 2 is 1.92 bits per heavy atom. The fourth-order valence-corrected chi connectivity index (χ4v) is 3.06. The molecule has 0 unspecified atom stereocenters. The third-order valence-corrected chi connectivity index (χ3v) is 4.29. The second kappa shape index (κ2) is 6.89. The molecule has 24 heavy (non-hydrogen) atoms. The number of Topliss-reactive ketones (excluding diaryl/α,β-unsaturated/α-hetero) is 1. The molecule has 122 valence electrons. The number of carbonyl (C=O) groups is 2. The van der Waals surface area contributed by atoms with Crippen LogP contribution in [0.1, 0.15) is 23.5 Å². The molecule has 0 radical (unpaired) electrons. The van der Waals surface area contributed by atoms with E-state index in [1.807, 2.05) is 54.7 Å². The van der Waals surface area contributed by atoms with Gasteiger partial charge in [-0.2, -0.15) is 0 Å². The topological polar surface area (TPSA) is 59.2 Å².